The standard InChI is InChI=1S/C11H16Cl2N2O3S/c1-7(2)10(6-18-3)15-19(16,17)8-4-9(12)11(13)14-5-8/h4-5,7,10,15H,6H2,1-3H3. The Morgan fingerprint density at radius 2 is 2.05 bits per heavy atom. The highest BCUT2D eigenvalue weighted by molar-refractivity contribution is 7.89. The number of pyridine rings is 1. The predicted octanol–water partition coefficient (Wildman–Crippen LogP) is 2.34. The van der Waals surface area contributed by atoms with E-state index in [1.54, 1.807) is 0 Å². The number of sulfonamides is 1. The van der Waals surface area contributed by atoms with Crippen molar-refractivity contribution in [3.05, 3.63) is 22.4 Å². The summed E-state index contributed by atoms with van der Waals surface area (Å²) in [5.41, 5.74) is 0. The first-order chi connectivity index (χ1) is 8.77. The molecule has 8 heteroatoms. The molecule has 0 aliphatic rings. The Hall–Kier alpha value is -0.400. The monoisotopic (exact) mass is 326 g/mol. The Morgan fingerprint density at radius 3 is 2.53 bits per heavy atom. The fraction of sp³-hybridized carbons (Fsp3) is 0.545. The molecule has 0 spiro atoms. The van der Waals surface area contributed by atoms with E-state index in [0.717, 1.165) is 0 Å². The lowest BCUT2D eigenvalue weighted by Crippen LogP contribution is -2.41. The minimum Gasteiger partial charge on any atom is -0.383 e. The molecule has 5 nitrogen and oxygen atoms in total. The number of aromatic nitrogens is 1. The molecule has 19 heavy (non-hydrogen) atoms. The molecule has 1 aromatic rings. The van der Waals surface area contributed by atoms with E-state index < -0.39 is 10.0 Å². The van der Waals surface area contributed by atoms with Crippen molar-refractivity contribution >= 4 is 33.2 Å². The van der Waals surface area contributed by atoms with Crippen LogP contribution in [0.2, 0.25) is 10.2 Å². The lowest BCUT2D eigenvalue weighted by molar-refractivity contribution is 0.157. The summed E-state index contributed by atoms with van der Waals surface area (Å²) in [5.74, 6) is 0.0884. The number of ether oxygens (including phenoxy) is 1. The molecule has 0 aromatic carbocycles. The number of hydrogen-bond acceptors (Lipinski definition) is 4. The molecule has 1 aromatic heterocycles. The Labute approximate surface area is 123 Å². The molecule has 0 aliphatic heterocycles. The molecular formula is C11H16Cl2N2O3S. The van der Waals surface area contributed by atoms with E-state index in [1.807, 2.05) is 13.8 Å². The van der Waals surface area contributed by atoms with Crippen LogP contribution in [0, 0.1) is 5.92 Å². The lowest BCUT2D eigenvalue weighted by atomic mass is 10.1. The number of methoxy groups -OCH3 is 1. The summed E-state index contributed by atoms with van der Waals surface area (Å²) in [4.78, 5) is 3.70. The number of nitrogens with one attached hydrogen (secondary N) is 1. The largest absolute Gasteiger partial charge is 0.383 e. The molecule has 1 heterocycles. The van der Waals surface area contributed by atoms with Crippen LogP contribution in [0.5, 0.6) is 0 Å². The molecule has 0 radical (unpaired) electrons. The highest BCUT2D eigenvalue weighted by Crippen LogP contribution is 2.22. The molecule has 1 atom stereocenters. The van der Waals surface area contributed by atoms with Crippen molar-refractivity contribution in [3.63, 3.8) is 0 Å². The minimum absolute atomic E-state index is 0.0244. The fourth-order valence-corrected chi connectivity index (χ4v) is 3.03. The van der Waals surface area contributed by atoms with Crippen LogP contribution in [-0.4, -0.2) is 33.2 Å². The minimum atomic E-state index is -3.70. The predicted molar refractivity (Wildman–Crippen MR) is 75.1 cm³/mol. The van der Waals surface area contributed by atoms with Crippen LogP contribution in [-0.2, 0) is 14.8 Å². The Balaban J connectivity index is 2.99. The zero-order valence-corrected chi connectivity index (χ0v) is 13.2. The Morgan fingerprint density at radius 1 is 1.42 bits per heavy atom. The van der Waals surface area contributed by atoms with E-state index >= 15 is 0 Å². The van der Waals surface area contributed by atoms with Crippen molar-refractivity contribution in [2.75, 3.05) is 13.7 Å². The summed E-state index contributed by atoms with van der Waals surface area (Å²) in [6.07, 6.45) is 1.17. The van der Waals surface area contributed by atoms with Gasteiger partial charge in [0.05, 0.1) is 11.6 Å². The smallest absolute Gasteiger partial charge is 0.242 e. The molecule has 0 amide bonds. The highest BCUT2D eigenvalue weighted by atomic mass is 35.5. The van der Waals surface area contributed by atoms with Crippen LogP contribution in [0.25, 0.3) is 0 Å². The van der Waals surface area contributed by atoms with Gasteiger partial charge in [-0.2, -0.15) is 0 Å². The molecular weight excluding hydrogens is 311 g/mol. The quantitative estimate of drug-likeness (QED) is 0.814. The van der Waals surface area contributed by atoms with Crippen LogP contribution >= 0.6 is 23.2 Å². The molecule has 1 N–H and O–H groups in total. The third-order valence-electron chi connectivity index (χ3n) is 2.54. The normalized spacial score (nSPS) is 13.8. The van der Waals surface area contributed by atoms with Crippen molar-refractivity contribution in [2.24, 2.45) is 5.92 Å². The van der Waals surface area contributed by atoms with E-state index in [0.29, 0.717) is 0 Å². The third kappa shape index (κ3) is 4.57. The second kappa shape index (κ2) is 6.85. The molecule has 1 unspecified atom stereocenters. The van der Waals surface area contributed by atoms with E-state index in [2.05, 4.69) is 9.71 Å². The Bertz CT molecular complexity index is 535. The molecule has 0 saturated carbocycles. The second-order valence-corrected chi connectivity index (χ2v) is 6.85. The van der Waals surface area contributed by atoms with Crippen LogP contribution in [0.3, 0.4) is 0 Å². The third-order valence-corrected chi connectivity index (χ3v) is 4.68. The Kier molecular flexibility index (Phi) is 6.01. The van der Waals surface area contributed by atoms with Gasteiger partial charge in [0.1, 0.15) is 10.0 Å². The number of rotatable bonds is 6. The van der Waals surface area contributed by atoms with Crippen molar-refractivity contribution in [2.45, 2.75) is 24.8 Å². The van der Waals surface area contributed by atoms with Gasteiger partial charge in [-0.05, 0) is 12.0 Å². The summed E-state index contributed by atoms with van der Waals surface area (Å²) in [5, 5.41) is 0.162. The molecule has 1 rings (SSSR count). The fourth-order valence-electron chi connectivity index (χ4n) is 1.36. The number of hydrogen-bond donors (Lipinski definition) is 1. The summed E-state index contributed by atoms with van der Waals surface area (Å²) in [7, 11) is -2.18. The molecule has 0 bridgehead atoms. The summed E-state index contributed by atoms with van der Waals surface area (Å²) < 4.78 is 31.9. The summed E-state index contributed by atoms with van der Waals surface area (Å²) in [6, 6.07) is 0.938. The van der Waals surface area contributed by atoms with Gasteiger partial charge in [0.25, 0.3) is 0 Å². The maximum atomic E-state index is 12.2. The van der Waals surface area contributed by atoms with Gasteiger partial charge in [0.15, 0.2) is 0 Å². The molecule has 0 fully saturated rings. The molecule has 0 aliphatic carbocycles. The van der Waals surface area contributed by atoms with Crippen molar-refractivity contribution in [1.82, 2.24) is 9.71 Å². The van der Waals surface area contributed by atoms with Gasteiger partial charge >= 0.3 is 0 Å². The zero-order chi connectivity index (χ0) is 14.6. The number of nitrogens with zero attached hydrogens (tertiary/aromatic N) is 1. The average Bonchev–Trinajstić information content (AvgIpc) is 2.31. The van der Waals surface area contributed by atoms with Crippen LogP contribution < -0.4 is 4.72 Å². The van der Waals surface area contributed by atoms with E-state index in [9.17, 15) is 8.42 Å². The van der Waals surface area contributed by atoms with Crippen LogP contribution in [0.15, 0.2) is 17.2 Å². The first-order valence-corrected chi connectivity index (χ1v) is 7.84. The summed E-state index contributed by atoms with van der Waals surface area (Å²) >= 11 is 11.4. The van der Waals surface area contributed by atoms with Gasteiger partial charge in [0.2, 0.25) is 10.0 Å². The summed E-state index contributed by atoms with van der Waals surface area (Å²) in [6.45, 7) is 4.09. The van der Waals surface area contributed by atoms with E-state index in [-0.39, 0.29) is 33.6 Å². The average molecular weight is 327 g/mol. The SMILES string of the molecule is COCC(NS(=O)(=O)c1cnc(Cl)c(Cl)c1)C(C)C. The van der Waals surface area contributed by atoms with E-state index in [1.165, 1.54) is 19.4 Å². The van der Waals surface area contributed by atoms with Crippen LogP contribution in [0.1, 0.15) is 13.8 Å². The van der Waals surface area contributed by atoms with Crippen molar-refractivity contribution in [1.29, 1.82) is 0 Å². The molecule has 108 valence electrons. The van der Waals surface area contributed by atoms with Gasteiger partial charge in [-0.1, -0.05) is 37.0 Å². The van der Waals surface area contributed by atoms with E-state index in [4.69, 9.17) is 27.9 Å². The maximum Gasteiger partial charge on any atom is 0.242 e. The van der Waals surface area contributed by atoms with Gasteiger partial charge in [-0.3, -0.25) is 0 Å². The topological polar surface area (TPSA) is 68.3 Å². The second-order valence-electron chi connectivity index (χ2n) is 4.37. The van der Waals surface area contributed by atoms with Gasteiger partial charge in [-0.15, -0.1) is 0 Å². The highest BCUT2D eigenvalue weighted by Gasteiger charge is 2.23. The van der Waals surface area contributed by atoms with Crippen molar-refractivity contribution in [3.8, 4) is 0 Å². The van der Waals surface area contributed by atoms with Crippen molar-refractivity contribution < 1.29 is 13.2 Å². The van der Waals surface area contributed by atoms with Crippen LogP contribution in [0.4, 0.5) is 0 Å². The maximum absolute atomic E-state index is 12.2. The van der Waals surface area contributed by atoms with Gasteiger partial charge in [-0.25, -0.2) is 18.1 Å². The van der Waals surface area contributed by atoms with Gasteiger partial charge < -0.3 is 4.74 Å². The number of halogens is 2. The lowest BCUT2D eigenvalue weighted by Gasteiger charge is -2.21. The van der Waals surface area contributed by atoms with Gasteiger partial charge in [0, 0.05) is 19.3 Å². The first-order valence-electron chi connectivity index (χ1n) is 5.60. The molecule has 0 saturated heterocycles. The first kappa shape index (κ1) is 16.7. The zero-order valence-electron chi connectivity index (χ0n) is 10.9.